The molecule has 0 spiro atoms. The minimum absolute atomic E-state index is 0.100. The fourth-order valence-electron chi connectivity index (χ4n) is 15.6. The van der Waals surface area contributed by atoms with E-state index in [4.69, 9.17) is 62.2 Å². The van der Waals surface area contributed by atoms with Crippen molar-refractivity contribution >= 4 is 11.9 Å². The van der Waals surface area contributed by atoms with Gasteiger partial charge in [-0.25, -0.2) is 8.78 Å². The molecule has 13 rings (SSSR count). The Labute approximate surface area is 671 Å². The summed E-state index contributed by atoms with van der Waals surface area (Å²) in [6.07, 6.45) is 23.1. The second kappa shape index (κ2) is 51.8. The largest absolute Gasteiger partial charge is 0.411 e. The maximum atomic E-state index is 14.4. The molecule has 3 aliphatic heterocycles. The topological polar surface area (TPSA) is 176 Å². The minimum atomic E-state index is -0.324. The van der Waals surface area contributed by atoms with E-state index in [1.54, 1.807) is 58.8 Å². The molecule has 18 heteroatoms. The Morgan fingerprint density at radius 1 is 0.469 bits per heavy atom. The molecular formula is C95H124F2N2O14. The third-order valence-corrected chi connectivity index (χ3v) is 22.0. The molecule has 7 unspecified atom stereocenters. The molecule has 2 N–H and O–H groups in total. The van der Waals surface area contributed by atoms with Crippen molar-refractivity contribution in [3.8, 4) is 0 Å². The van der Waals surface area contributed by atoms with E-state index in [-0.39, 0.29) is 65.6 Å². The number of halogens is 2. The molecule has 3 heterocycles. The molecule has 16 nitrogen and oxygen atoms in total. The van der Waals surface area contributed by atoms with Gasteiger partial charge in [-0.1, -0.05) is 211 Å². The van der Waals surface area contributed by atoms with E-state index in [0.717, 1.165) is 113 Å². The average Bonchev–Trinajstić information content (AvgIpc) is 1.66. The fraction of sp³-hybridized carbons (Fsp3) is 0.474. The highest BCUT2D eigenvalue weighted by molar-refractivity contribution is 5.88. The van der Waals surface area contributed by atoms with Crippen molar-refractivity contribution < 1.29 is 76.0 Å². The van der Waals surface area contributed by atoms with Crippen molar-refractivity contribution in [1.82, 2.24) is 0 Å². The first kappa shape index (κ1) is 90.6. The lowest BCUT2D eigenvalue weighted by atomic mass is 9.63. The Bertz CT molecular complexity index is 3640. The lowest BCUT2D eigenvalue weighted by Crippen LogP contribution is -2.42. The number of methoxy groups -OCH3 is 4. The van der Waals surface area contributed by atoms with Gasteiger partial charge in [-0.15, -0.1) is 24.9 Å². The van der Waals surface area contributed by atoms with Crippen LogP contribution in [0.4, 0.5) is 8.78 Å². The Kier molecular flexibility index (Phi) is 41.6. The third kappa shape index (κ3) is 30.7. The van der Waals surface area contributed by atoms with Gasteiger partial charge in [0.25, 0.3) is 0 Å². The highest BCUT2D eigenvalue weighted by atomic mass is 19.1. The second-order valence-corrected chi connectivity index (χ2v) is 29.7. The average molecular weight is 1560 g/mol. The summed E-state index contributed by atoms with van der Waals surface area (Å²) >= 11 is 0. The maximum Gasteiger partial charge on any atom is 0.156 e. The van der Waals surface area contributed by atoms with Crippen LogP contribution in [-0.4, -0.2) is 133 Å². The number of hydrogen-bond donors (Lipinski definition) is 2. The van der Waals surface area contributed by atoms with Gasteiger partial charge in [0, 0.05) is 64.2 Å². The van der Waals surface area contributed by atoms with E-state index in [0.29, 0.717) is 109 Å². The summed E-state index contributed by atoms with van der Waals surface area (Å²) in [6, 6.07) is 65.5. The number of rotatable bonds is 36. The Hall–Kier alpha value is -7.92. The Morgan fingerprint density at radius 2 is 0.850 bits per heavy atom. The van der Waals surface area contributed by atoms with Crippen molar-refractivity contribution in [2.24, 2.45) is 28.1 Å². The predicted octanol–water partition coefficient (Wildman–Crippen LogP) is 20.0. The van der Waals surface area contributed by atoms with Crippen LogP contribution in [0.2, 0.25) is 0 Å². The van der Waals surface area contributed by atoms with Crippen LogP contribution in [-0.2, 0) is 101 Å². The standard InChI is InChI=1S/2C21H23FO2.C16H24O3.C14H17NO2.C14H19NO2.C9H18O3/c2*22-20-9-5-4-8-19(20)21-11-10-18(12-17(21)14-23-15-21)24-13-16-6-2-1-3-7-16;1-4-8-15(11-12-16(17-2)18-3)19-13-14-9-6-5-7-10-14;1-2-4-11(5-3-1)9-16-13-6-7-14-12(8-13)10-17-15-14;1-2-7-14(10-6-11-15-16)17-12-13-8-4-3-5-9-13;1-4-5-8(10)6-7-9(11-2)12-3/h2*1-9,17-18H,10-15H2;4-7,9-10,15-16H,1,8,11-13H2,2-3H3;1-5,12-13H,6-10H2;2-5,8-9,11,14,16H,1,6-7,10,12H2;4,8-10H,1,5-7H2,2-3H3/b;;;;15-11+;/t2*17-,18?,21-;;;;/m00..../s1. The second-order valence-electron chi connectivity index (χ2n) is 29.7. The van der Waals surface area contributed by atoms with Crippen molar-refractivity contribution in [3.05, 3.63) is 289 Å². The molecule has 6 aliphatic rings. The van der Waals surface area contributed by atoms with E-state index >= 15 is 0 Å². The number of ether oxygens (including phenoxy) is 11. The number of aliphatic hydroxyl groups excluding tert-OH is 1. The van der Waals surface area contributed by atoms with E-state index in [2.05, 4.69) is 90.7 Å². The molecule has 7 aromatic carbocycles. The number of nitrogens with zero attached hydrogens (tertiary/aromatic N) is 2. The summed E-state index contributed by atoms with van der Waals surface area (Å²) in [6.45, 7) is 17.7. The van der Waals surface area contributed by atoms with Gasteiger partial charge in [0.15, 0.2) is 12.6 Å². The highest BCUT2D eigenvalue weighted by Gasteiger charge is 2.51. The van der Waals surface area contributed by atoms with Crippen LogP contribution in [0.15, 0.2) is 248 Å². The molecule has 2 saturated heterocycles. The van der Waals surface area contributed by atoms with Crippen molar-refractivity contribution in [3.63, 3.8) is 0 Å². The van der Waals surface area contributed by atoms with Crippen LogP contribution in [0.25, 0.3) is 0 Å². The molecular weight excluding hydrogens is 1430 g/mol. The third-order valence-electron chi connectivity index (χ3n) is 22.0. The van der Waals surface area contributed by atoms with Crippen molar-refractivity contribution in [2.45, 2.75) is 209 Å². The Morgan fingerprint density at radius 3 is 1.25 bits per heavy atom. The summed E-state index contributed by atoms with van der Waals surface area (Å²) in [5, 5.41) is 24.7. The number of benzene rings is 7. The molecule has 612 valence electrons. The molecule has 0 amide bonds. The van der Waals surface area contributed by atoms with Gasteiger partial charge in [-0.3, -0.25) is 0 Å². The van der Waals surface area contributed by atoms with Crippen molar-refractivity contribution in [2.75, 3.05) is 61.5 Å². The first-order chi connectivity index (χ1) is 55.4. The summed E-state index contributed by atoms with van der Waals surface area (Å²) < 4.78 is 90.6. The van der Waals surface area contributed by atoms with Gasteiger partial charge in [0.1, 0.15) is 18.2 Å². The van der Waals surface area contributed by atoms with Crippen LogP contribution in [0.5, 0.6) is 0 Å². The molecule has 3 aliphatic carbocycles. The van der Waals surface area contributed by atoms with E-state index < -0.39 is 0 Å². The zero-order chi connectivity index (χ0) is 80.0. The molecule has 0 bridgehead atoms. The molecule has 0 aromatic heterocycles. The van der Waals surface area contributed by atoms with Gasteiger partial charge in [-0.2, -0.15) is 0 Å². The Balaban J connectivity index is 0.000000172. The smallest absolute Gasteiger partial charge is 0.156 e. The van der Waals surface area contributed by atoms with Gasteiger partial charge < -0.3 is 67.3 Å². The molecule has 7 aromatic rings. The van der Waals surface area contributed by atoms with Gasteiger partial charge in [-0.05, 0) is 166 Å². The molecule has 113 heavy (non-hydrogen) atoms. The maximum absolute atomic E-state index is 14.4. The van der Waals surface area contributed by atoms with Crippen LogP contribution >= 0.6 is 0 Å². The van der Waals surface area contributed by atoms with Gasteiger partial charge >= 0.3 is 0 Å². The molecule has 5 fully saturated rings. The SMILES string of the molecule is C=CCC(CC/C=N/O)OCc1ccccc1.C=CCC(CCC(OC)OC)OCc1ccccc1.C=CCC(O)CCC(OC)OC.Fc1ccccc1[C@]12CCC(OCc3ccccc3)C[C@H]1COC2.Fc1ccccc1[C@]12CCC(OCc3ccccc3)C[C@H]1COC2.c1ccc(COC2CCC3=NOCC3C2)cc1. The minimum Gasteiger partial charge on any atom is -0.411 e. The fourth-order valence-corrected chi connectivity index (χ4v) is 15.6. The lowest BCUT2D eigenvalue weighted by molar-refractivity contribution is -0.113. The summed E-state index contributed by atoms with van der Waals surface area (Å²) in [4.78, 5) is 5.14. The van der Waals surface area contributed by atoms with E-state index in [1.165, 1.54) is 34.2 Å². The summed E-state index contributed by atoms with van der Waals surface area (Å²) in [5.41, 5.74) is 8.55. The van der Waals surface area contributed by atoms with Crippen LogP contribution < -0.4 is 0 Å². The van der Waals surface area contributed by atoms with Crippen molar-refractivity contribution in [1.29, 1.82) is 0 Å². The first-order valence-corrected chi connectivity index (χ1v) is 40.3. The normalized spacial score (nSPS) is 22.0. The molecule has 3 saturated carbocycles. The zero-order valence-electron chi connectivity index (χ0n) is 67.1. The zero-order valence-corrected chi connectivity index (χ0v) is 67.1. The monoisotopic (exact) mass is 1550 g/mol. The highest BCUT2D eigenvalue weighted by Crippen LogP contribution is 2.51. The predicted molar refractivity (Wildman–Crippen MR) is 442 cm³/mol. The van der Waals surface area contributed by atoms with Gasteiger partial charge in [0.05, 0.1) is 102 Å². The lowest BCUT2D eigenvalue weighted by Gasteiger charge is -2.41. The van der Waals surface area contributed by atoms with Crippen LogP contribution in [0.1, 0.15) is 155 Å². The summed E-state index contributed by atoms with van der Waals surface area (Å²) in [5.74, 6) is 0.977. The number of hydrogen-bond acceptors (Lipinski definition) is 16. The van der Waals surface area contributed by atoms with Crippen LogP contribution in [0.3, 0.4) is 0 Å². The molecule has 11 atom stereocenters. The van der Waals surface area contributed by atoms with Gasteiger partial charge in [0.2, 0.25) is 0 Å². The van der Waals surface area contributed by atoms with E-state index in [9.17, 15) is 13.9 Å². The summed E-state index contributed by atoms with van der Waals surface area (Å²) in [7, 11) is 6.49. The molecule has 0 radical (unpaired) electrons. The quantitative estimate of drug-likeness (QED) is 0.0125. The number of aliphatic hydroxyl groups is 1. The van der Waals surface area contributed by atoms with Crippen LogP contribution in [0, 0.1) is 29.4 Å². The number of oxime groups is 2. The first-order valence-electron chi connectivity index (χ1n) is 40.3. The number of fused-ring (bicyclic) bond motifs is 3. The van der Waals surface area contributed by atoms with E-state index in [1.807, 2.05) is 127 Å².